The van der Waals surface area contributed by atoms with Crippen molar-refractivity contribution in [2.45, 2.75) is 19.3 Å². The van der Waals surface area contributed by atoms with E-state index in [-0.39, 0.29) is 17.7 Å². The van der Waals surface area contributed by atoms with Crippen LogP contribution in [0.4, 0.5) is 5.69 Å². The first kappa shape index (κ1) is 20.7. The first-order valence-corrected chi connectivity index (χ1v) is 11.3. The minimum absolute atomic E-state index is 0.0257. The largest absolute Gasteiger partial charge is 0.497 e. The number of hydrogen-bond acceptors (Lipinski definition) is 5. The van der Waals surface area contributed by atoms with Gasteiger partial charge in [0.2, 0.25) is 5.91 Å². The van der Waals surface area contributed by atoms with Crippen molar-refractivity contribution in [3.63, 3.8) is 0 Å². The summed E-state index contributed by atoms with van der Waals surface area (Å²) in [6.07, 6.45) is 2.51. The van der Waals surface area contributed by atoms with Gasteiger partial charge in [-0.25, -0.2) is 0 Å². The van der Waals surface area contributed by atoms with Crippen LogP contribution in [0.15, 0.2) is 30.3 Å². The number of aryl methyl sites for hydroxylation is 1. The van der Waals surface area contributed by atoms with Gasteiger partial charge in [0.15, 0.2) is 0 Å². The molecule has 1 aliphatic carbocycles. The Morgan fingerprint density at radius 2 is 1.90 bits per heavy atom. The van der Waals surface area contributed by atoms with E-state index in [0.717, 1.165) is 61.8 Å². The summed E-state index contributed by atoms with van der Waals surface area (Å²) in [6, 6.07) is 10.1. The van der Waals surface area contributed by atoms with Crippen LogP contribution in [-0.2, 0) is 17.6 Å². The summed E-state index contributed by atoms with van der Waals surface area (Å²) in [5, 5.41) is 0. The Balaban J connectivity index is 1.36. The second kappa shape index (κ2) is 8.68. The van der Waals surface area contributed by atoms with Crippen molar-refractivity contribution in [3.8, 4) is 5.75 Å². The van der Waals surface area contributed by atoms with E-state index in [2.05, 4.69) is 11.0 Å². The van der Waals surface area contributed by atoms with Gasteiger partial charge in [0.25, 0.3) is 5.91 Å². The van der Waals surface area contributed by atoms with Gasteiger partial charge < -0.3 is 19.4 Å². The molecular weight excluding hydrogens is 398 g/mol. The summed E-state index contributed by atoms with van der Waals surface area (Å²) in [5.74, 6) is 1.19. The van der Waals surface area contributed by atoms with Gasteiger partial charge in [-0.15, -0.1) is 11.3 Å². The van der Waals surface area contributed by atoms with Gasteiger partial charge in [-0.2, -0.15) is 0 Å². The number of anilines is 1. The quantitative estimate of drug-likeness (QED) is 0.753. The fourth-order valence-corrected chi connectivity index (χ4v) is 5.54. The van der Waals surface area contributed by atoms with Crippen LogP contribution in [0.1, 0.15) is 26.5 Å². The summed E-state index contributed by atoms with van der Waals surface area (Å²) in [5.41, 5.74) is 2.32. The van der Waals surface area contributed by atoms with E-state index in [1.165, 1.54) is 10.4 Å². The van der Waals surface area contributed by atoms with Gasteiger partial charge in [-0.05, 0) is 43.0 Å². The molecule has 6 nitrogen and oxygen atoms in total. The highest BCUT2D eigenvalue weighted by Gasteiger charge is 2.32. The third-order valence-corrected chi connectivity index (χ3v) is 7.28. The maximum atomic E-state index is 13.2. The molecule has 1 atom stereocenters. The number of hydrogen-bond donors (Lipinski definition) is 0. The summed E-state index contributed by atoms with van der Waals surface area (Å²) in [7, 11) is 5.23. The third kappa shape index (κ3) is 4.17. The number of rotatable bonds is 4. The van der Waals surface area contributed by atoms with Crippen molar-refractivity contribution >= 4 is 28.8 Å². The molecule has 30 heavy (non-hydrogen) atoms. The molecule has 0 radical (unpaired) electrons. The Bertz CT molecular complexity index is 932. The van der Waals surface area contributed by atoms with Crippen LogP contribution in [0.25, 0.3) is 0 Å². The van der Waals surface area contributed by atoms with Crippen molar-refractivity contribution in [2.75, 3.05) is 52.3 Å². The van der Waals surface area contributed by atoms with Gasteiger partial charge in [0.1, 0.15) is 5.75 Å². The molecule has 0 spiro atoms. The number of carbonyl (C=O) groups excluding carboxylic acids is 2. The SMILES string of the molecule is COc1cccc(N2CCN(C(=O)[C@H]3CCc4sc(C(=O)N(C)C)cc4C3)CC2)c1. The van der Waals surface area contributed by atoms with Gasteiger partial charge in [0, 0.05) is 62.8 Å². The molecule has 0 bridgehead atoms. The average molecular weight is 428 g/mol. The smallest absolute Gasteiger partial charge is 0.263 e. The Morgan fingerprint density at radius 3 is 2.60 bits per heavy atom. The van der Waals surface area contributed by atoms with E-state index in [4.69, 9.17) is 4.74 Å². The number of fused-ring (bicyclic) bond motifs is 1. The van der Waals surface area contributed by atoms with E-state index >= 15 is 0 Å². The lowest BCUT2D eigenvalue weighted by molar-refractivity contribution is -0.136. The lowest BCUT2D eigenvalue weighted by atomic mass is 9.87. The molecule has 1 fully saturated rings. The number of piperazine rings is 1. The second-order valence-electron chi connectivity index (χ2n) is 8.21. The topological polar surface area (TPSA) is 53.1 Å². The van der Waals surface area contributed by atoms with E-state index < -0.39 is 0 Å². The Labute approximate surface area is 182 Å². The number of amides is 2. The second-order valence-corrected chi connectivity index (χ2v) is 9.35. The van der Waals surface area contributed by atoms with Crippen molar-refractivity contribution < 1.29 is 14.3 Å². The van der Waals surface area contributed by atoms with Crippen LogP contribution in [0, 0.1) is 5.92 Å². The standard InChI is InChI=1S/C23H29N3O3S/c1-24(2)23(28)21-14-17-13-16(7-8-20(17)30-21)22(27)26-11-9-25(10-12-26)18-5-4-6-19(15-18)29-3/h4-6,14-16H,7-13H2,1-3H3/t16-/m0/s1. The van der Waals surface area contributed by atoms with Crippen LogP contribution in [0.2, 0.25) is 0 Å². The summed E-state index contributed by atoms with van der Waals surface area (Å²) in [4.78, 5) is 33.4. The minimum atomic E-state index is 0.0257. The summed E-state index contributed by atoms with van der Waals surface area (Å²) in [6.45, 7) is 3.15. The fourth-order valence-electron chi connectivity index (χ4n) is 4.31. The summed E-state index contributed by atoms with van der Waals surface area (Å²) < 4.78 is 5.33. The van der Waals surface area contributed by atoms with Crippen molar-refractivity contribution in [1.82, 2.24) is 9.80 Å². The Hall–Kier alpha value is -2.54. The molecular formula is C23H29N3O3S. The maximum absolute atomic E-state index is 13.2. The van der Waals surface area contributed by atoms with Crippen molar-refractivity contribution in [1.29, 1.82) is 0 Å². The molecule has 2 aromatic rings. The highest BCUT2D eigenvalue weighted by atomic mass is 32.1. The van der Waals surface area contributed by atoms with Gasteiger partial charge in [-0.1, -0.05) is 6.07 Å². The zero-order valence-electron chi connectivity index (χ0n) is 17.9. The number of thiophene rings is 1. The molecule has 1 aromatic carbocycles. The average Bonchev–Trinajstić information content (AvgIpc) is 3.21. The molecule has 4 rings (SSSR count). The molecule has 2 heterocycles. The van der Waals surface area contributed by atoms with Gasteiger partial charge in [0.05, 0.1) is 12.0 Å². The summed E-state index contributed by atoms with van der Waals surface area (Å²) >= 11 is 1.59. The highest BCUT2D eigenvalue weighted by molar-refractivity contribution is 7.14. The van der Waals surface area contributed by atoms with E-state index in [1.807, 2.05) is 29.2 Å². The fraction of sp³-hybridized carbons (Fsp3) is 0.478. The number of carbonyl (C=O) groups is 2. The van der Waals surface area contributed by atoms with Crippen molar-refractivity contribution in [2.24, 2.45) is 5.92 Å². The number of ether oxygens (including phenoxy) is 1. The van der Waals surface area contributed by atoms with Crippen LogP contribution in [-0.4, -0.2) is 69.0 Å². The predicted molar refractivity (Wildman–Crippen MR) is 120 cm³/mol. The first-order valence-electron chi connectivity index (χ1n) is 10.5. The normalized spacial score (nSPS) is 18.7. The molecule has 7 heteroatoms. The van der Waals surface area contributed by atoms with Gasteiger partial charge >= 0.3 is 0 Å². The number of benzene rings is 1. The van der Waals surface area contributed by atoms with E-state index in [1.54, 1.807) is 37.4 Å². The lowest BCUT2D eigenvalue weighted by Crippen LogP contribution is -2.51. The number of methoxy groups -OCH3 is 1. The molecule has 0 unspecified atom stereocenters. The lowest BCUT2D eigenvalue weighted by Gasteiger charge is -2.38. The van der Waals surface area contributed by atoms with Gasteiger partial charge in [-0.3, -0.25) is 9.59 Å². The molecule has 2 amide bonds. The Morgan fingerprint density at radius 1 is 1.13 bits per heavy atom. The minimum Gasteiger partial charge on any atom is -0.497 e. The molecule has 160 valence electrons. The third-order valence-electron chi connectivity index (χ3n) is 6.06. The monoisotopic (exact) mass is 427 g/mol. The molecule has 0 N–H and O–H groups in total. The zero-order valence-corrected chi connectivity index (χ0v) is 18.7. The molecule has 2 aliphatic rings. The van der Waals surface area contributed by atoms with E-state index in [0.29, 0.717) is 0 Å². The molecule has 1 aliphatic heterocycles. The van der Waals surface area contributed by atoms with E-state index in [9.17, 15) is 9.59 Å². The first-order chi connectivity index (χ1) is 14.5. The molecule has 1 aromatic heterocycles. The zero-order chi connectivity index (χ0) is 21.3. The molecule has 0 saturated carbocycles. The van der Waals surface area contributed by atoms with Crippen molar-refractivity contribution in [3.05, 3.63) is 45.6 Å². The van der Waals surface area contributed by atoms with Crippen LogP contribution < -0.4 is 9.64 Å². The Kier molecular flexibility index (Phi) is 5.99. The van der Waals surface area contributed by atoms with Crippen LogP contribution in [0.5, 0.6) is 5.75 Å². The highest BCUT2D eigenvalue weighted by Crippen LogP contribution is 2.34. The van der Waals surface area contributed by atoms with Crippen LogP contribution in [0.3, 0.4) is 0 Å². The predicted octanol–water partition coefficient (Wildman–Crippen LogP) is 2.91. The van der Waals surface area contributed by atoms with Crippen LogP contribution >= 0.6 is 11.3 Å². The number of nitrogens with zero attached hydrogens (tertiary/aromatic N) is 3. The maximum Gasteiger partial charge on any atom is 0.263 e. The molecule has 1 saturated heterocycles.